The van der Waals surface area contributed by atoms with Crippen molar-refractivity contribution in [3.05, 3.63) is 12.7 Å². The van der Waals surface area contributed by atoms with Crippen molar-refractivity contribution in [2.24, 2.45) is 11.8 Å². The molecule has 2 rings (SSSR count). The molecule has 0 aromatic heterocycles. The molecule has 1 saturated carbocycles. The summed E-state index contributed by atoms with van der Waals surface area (Å²) in [6.07, 6.45) is 2.94. The number of hydrogen-bond donors (Lipinski definition) is 0. The van der Waals surface area contributed by atoms with Gasteiger partial charge in [-0.3, -0.25) is 4.79 Å². The first-order valence-corrected chi connectivity index (χ1v) is 5.71. The van der Waals surface area contributed by atoms with Crippen molar-refractivity contribution in [1.82, 2.24) is 0 Å². The Morgan fingerprint density at radius 1 is 1.62 bits per heavy atom. The minimum Gasteiger partial charge on any atom is -0.458 e. The van der Waals surface area contributed by atoms with Crippen LogP contribution in [0.1, 0.15) is 26.2 Å². The Kier molecular flexibility index (Phi) is 2.99. The van der Waals surface area contributed by atoms with Gasteiger partial charge in [0.2, 0.25) is 0 Å². The van der Waals surface area contributed by atoms with Crippen LogP contribution in [0.4, 0.5) is 0 Å². The lowest BCUT2D eigenvalue weighted by atomic mass is 9.77. The number of fused-ring (bicyclic) bond motifs is 2. The molecule has 0 aromatic rings. The van der Waals surface area contributed by atoms with Gasteiger partial charge in [0.05, 0.1) is 5.92 Å². The number of hydrogen-bond acceptors (Lipinski definition) is 4. The maximum absolute atomic E-state index is 11.5. The van der Waals surface area contributed by atoms with E-state index in [1.165, 1.54) is 0 Å². The van der Waals surface area contributed by atoms with Crippen molar-refractivity contribution >= 4 is 11.9 Å². The van der Waals surface area contributed by atoms with Crippen LogP contribution >= 0.6 is 0 Å². The third-order valence-electron chi connectivity index (χ3n) is 3.53. The molecule has 1 heterocycles. The molecule has 2 fully saturated rings. The lowest BCUT2D eigenvalue weighted by molar-refractivity contribution is -0.158. The normalized spacial score (nSPS) is 36.7. The third kappa shape index (κ3) is 1.72. The van der Waals surface area contributed by atoms with E-state index in [4.69, 9.17) is 9.47 Å². The molecule has 0 aromatic carbocycles. The Morgan fingerprint density at radius 3 is 3.00 bits per heavy atom. The summed E-state index contributed by atoms with van der Waals surface area (Å²) in [4.78, 5) is 22.7. The third-order valence-corrected chi connectivity index (χ3v) is 3.53. The second-order valence-electron chi connectivity index (χ2n) is 4.34. The first-order valence-electron chi connectivity index (χ1n) is 5.71. The van der Waals surface area contributed by atoms with Crippen molar-refractivity contribution in [1.29, 1.82) is 0 Å². The summed E-state index contributed by atoms with van der Waals surface area (Å²) in [5.41, 5.74) is 0. The first-order chi connectivity index (χ1) is 7.67. The fourth-order valence-corrected chi connectivity index (χ4v) is 2.74. The van der Waals surface area contributed by atoms with Crippen molar-refractivity contribution in [3.8, 4) is 0 Å². The highest BCUT2D eigenvalue weighted by molar-refractivity contribution is 5.81. The summed E-state index contributed by atoms with van der Waals surface area (Å²) in [6, 6.07) is 0. The second-order valence-corrected chi connectivity index (χ2v) is 4.34. The number of rotatable bonds is 3. The van der Waals surface area contributed by atoms with Gasteiger partial charge in [-0.1, -0.05) is 13.5 Å². The fourth-order valence-electron chi connectivity index (χ4n) is 2.74. The van der Waals surface area contributed by atoms with Gasteiger partial charge in [-0.2, -0.15) is 0 Å². The molecule has 2 bridgehead atoms. The van der Waals surface area contributed by atoms with Gasteiger partial charge in [0.1, 0.15) is 12.2 Å². The smallest absolute Gasteiger partial charge is 0.330 e. The van der Waals surface area contributed by atoms with Crippen LogP contribution in [0.25, 0.3) is 0 Å². The molecule has 4 nitrogen and oxygen atoms in total. The summed E-state index contributed by atoms with van der Waals surface area (Å²) in [5, 5.41) is 0. The molecular formula is C12H16O4. The largest absolute Gasteiger partial charge is 0.458 e. The van der Waals surface area contributed by atoms with Crippen LogP contribution < -0.4 is 0 Å². The van der Waals surface area contributed by atoms with E-state index in [1.54, 1.807) is 0 Å². The average molecular weight is 224 g/mol. The van der Waals surface area contributed by atoms with E-state index in [-0.39, 0.29) is 30.0 Å². The summed E-state index contributed by atoms with van der Waals surface area (Å²) >= 11 is 0. The average Bonchev–Trinajstić information content (AvgIpc) is 2.52. The van der Waals surface area contributed by atoms with Crippen molar-refractivity contribution in [2.45, 2.75) is 38.4 Å². The molecule has 0 spiro atoms. The Morgan fingerprint density at radius 2 is 2.38 bits per heavy atom. The Balaban J connectivity index is 2.10. The number of esters is 2. The zero-order chi connectivity index (χ0) is 11.7. The van der Waals surface area contributed by atoms with Gasteiger partial charge < -0.3 is 9.47 Å². The SMILES string of the molecule is C=CC(=O)OC1CCC2C(=O)OC1C2CC. The van der Waals surface area contributed by atoms with Crippen LogP contribution in [0.3, 0.4) is 0 Å². The van der Waals surface area contributed by atoms with E-state index in [1.807, 2.05) is 6.92 Å². The summed E-state index contributed by atoms with van der Waals surface area (Å²) < 4.78 is 10.5. The quantitative estimate of drug-likeness (QED) is 0.537. The monoisotopic (exact) mass is 224 g/mol. The van der Waals surface area contributed by atoms with Crippen LogP contribution in [-0.2, 0) is 19.1 Å². The zero-order valence-corrected chi connectivity index (χ0v) is 9.35. The molecule has 4 atom stereocenters. The van der Waals surface area contributed by atoms with E-state index in [2.05, 4.69) is 6.58 Å². The predicted octanol–water partition coefficient (Wildman–Crippen LogP) is 1.45. The number of carbonyl (C=O) groups excluding carboxylic acids is 2. The van der Waals surface area contributed by atoms with Gasteiger partial charge in [0.25, 0.3) is 0 Å². The Labute approximate surface area is 94.6 Å². The molecule has 0 N–H and O–H groups in total. The molecule has 1 saturated heterocycles. The molecular weight excluding hydrogens is 208 g/mol. The van der Waals surface area contributed by atoms with Gasteiger partial charge in [0, 0.05) is 12.0 Å². The molecule has 4 heteroatoms. The van der Waals surface area contributed by atoms with Crippen LogP contribution in [0.2, 0.25) is 0 Å². The highest BCUT2D eigenvalue weighted by atomic mass is 16.6. The van der Waals surface area contributed by atoms with Gasteiger partial charge in [-0.15, -0.1) is 0 Å². The molecule has 16 heavy (non-hydrogen) atoms. The van der Waals surface area contributed by atoms with Gasteiger partial charge in [-0.25, -0.2) is 4.79 Å². The lowest BCUT2D eigenvalue weighted by Crippen LogP contribution is -2.39. The first kappa shape index (κ1) is 11.2. The maximum Gasteiger partial charge on any atom is 0.330 e. The molecule has 1 aliphatic heterocycles. The van der Waals surface area contributed by atoms with E-state index < -0.39 is 5.97 Å². The highest BCUT2D eigenvalue weighted by Crippen LogP contribution is 2.42. The topological polar surface area (TPSA) is 52.6 Å². The van der Waals surface area contributed by atoms with E-state index in [0.717, 1.165) is 18.9 Å². The fraction of sp³-hybridized carbons (Fsp3) is 0.667. The maximum atomic E-state index is 11.5. The molecule has 4 unspecified atom stereocenters. The van der Waals surface area contributed by atoms with Gasteiger partial charge in [-0.05, 0) is 19.3 Å². The van der Waals surface area contributed by atoms with E-state index in [9.17, 15) is 9.59 Å². The predicted molar refractivity (Wildman–Crippen MR) is 56.5 cm³/mol. The summed E-state index contributed by atoms with van der Waals surface area (Å²) in [6.45, 7) is 5.39. The number of ether oxygens (including phenoxy) is 2. The van der Waals surface area contributed by atoms with Crippen molar-refractivity contribution < 1.29 is 19.1 Å². The van der Waals surface area contributed by atoms with Crippen LogP contribution in [-0.4, -0.2) is 24.1 Å². The minimum absolute atomic E-state index is 0.00804. The summed E-state index contributed by atoms with van der Waals surface area (Å²) in [7, 11) is 0. The van der Waals surface area contributed by atoms with Crippen molar-refractivity contribution in [2.75, 3.05) is 0 Å². The van der Waals surface area contributed by atoms with E-state index in [0.29, 0.717) is 6.42 Å². The van der Waals surface area contributed by atoms with Crippen LogP contribution in [0.15, 0.2) is 12.7 Å². The molecule has 1 aliphatic carbocycles. The second kappa shape index (κ2) is 4.28. The van der Waals surface area contributed by atoms with Crippen LogP contribution in [0.5, 0.6) is 0 Å². The highest BCUT2D eigenvalue weighted by Gasteiger charge is 2.51. The minimum atomic E-state index is -0.443. The van der Waals surface area contributed by atoms with E-state index >= 15 is 0 Å². The number of carbonyl (C=O) groups is 2. The van der Waals surface area contributed by atoms with Crippen molar-refractivity contribution in [3.63, 3.8) is 0 Å². The molecule has 88 valence electrons. The molecule has 0 radical (unpaired) electrons. The summed E-state index contributed by atoms with van der Waals surface area (Å²) in [5.74, 6) is -0.368. The van der Waals surface area contributed by atoms with Gasteiger partial charge in [0.15, 0.2) is 0 Å². The Bertz CT molecular complexity index is 323. The molecule has 2 aliphatic rings. The van der Waals surface area contributed by atoms with Crippen LogP contribution in [0, 0.1) is 11.8 Å². The standard InChI is InChI=1S/C12H16O4/c1-3-7-8-5-6-9(15-10(13)4-2)11(7)16-12(8)14/h4,7-9,11H,2-3,5-6H2,1H3. The van der Waals surface area contributed by atoms with Gasteiger partial charge >= 0.3 is 11.9 Å². The zero-order valence-electron chi connectivity index (χ0n) is 9.35. The Hall–Kier alpha value is -1.32. The molecule has 0 amide bonds. The lowest BCUT2D eigenvalue weighted by Gasteiger charge is -2.31.